The highest BCUT2D eigenvalue weighted by molar-refractivity contribution is 5.74. The average molecular weight is 205 g/mol. The summed E-state index contributed by atoms with van der Waals surface area (Å²) in [5.41, 5.74) is -1.29. The topological polar surface area (TPSA) is 95.9 Å². The number of ether oxygens (including phenoxy) is 1. The fraction of sp³-hybridized carbons (Fsp3) is 0.750. The van der Waals surface area contributed by atoms with Crippen LogP contribution < -0.4 is 5.32 Å². The van der Waals surface area contributed by atoms with Gasteiger partial charge in [-0.25, -0.2) is 0 Å². The van der Waals surface area contributed by atoms with Crippen molar-refractivity contribution in [3.05, 3.63) is 0 Å². The Balaban J connectivity index is 4.36. The van der Waals surface area contributed by atoms with Crippen LogP contribution in [0.25, 0.3) is 0 Å². The van der Waals surface area contributed by atoms with Gasteiger partial charge in [-0.2, -0.15) is 0 Å². The van der Waals surface area contributed by atoms with Gasteiger partial charge in [-0.05, 0) is 0 Å². The quantitative estimate of drug-likeness (QED) is 0.470. The van der Waals surface area contributed by atoms with Gasteiger partial charge in [0, 0.05) is 13.8 Å². The predicted molar refractivity (Wildman–Crippen MR) is 47.4 cm³/mol. The van der Waals surface area contributed by atoms with E-state index in [0.717, 1.165) is 0 Å². The molecule has 0 aromatic carbocycles. The highest BCUT2D eigenvalue weighted by atomic mass is 16.5. The SMILES string of the molecule is CC(=O)NC(CO)(CO)COC(C)=O. The number of nitrogens with one attached hydrogen (secondary N) is 1. The Labute approximate surface area is 81.9 Å². The Bertz CT molecular complexity index is 212. The van der Waals surface area contributed by atoms with E-state index in [1.807, 2.05) is 0 Å². The van der Waals surface area contributed by atoms with Crippen molar-refractivity contribution in [2.75, 3.05) is 19.8 Å². The Hall–Kier alpha value is -1.14. The summed E-state index contributed by atoms with van der Waals surface area (Å²) in [4.78, 5) is 21.3. The van der Waals surface area contributed by atoms with Crippen molar-refractivity contribution in [1.82, 2.24) is 5.32 Å². The third-order valence-electron chi connectivity index (χ3n) is 1.60. The van der Waals surface area contributed by atoms with E-state index in [1.165, 1.54) is 13.8 Å². The van der Waals surface area contributed by atoms with Gasteiger partial charge in [0.05, 0.1) is 13.2 Å². The summed E-state index contributed by atoms with van der Waals surface area (Å²) in [5.74, 6) is -0.957. The first kappa shape index (κ1) is 12.9. The number of aliphatic hydroxyl groups is 2. The first-order valence-electron chi connectivity index (χ1n) is 4.09. The normalized spacial score (nSPS) is 10.9. The van der Waals surface area contributed by atoms with Crippen molar-refractivity contribution in [3.8, 4) is 0 Å². The second kappa shape index (κ2) is 5.56. The number of rotatable bonds is 5. The molecule has 0 saturated carbocycles. The van der Waals surface area contributed by atoms with E-state index in [4.69, 9.17) is 10.2 Å². The van der Waals surface area contributed by atoms with Crippen molar-refractivity contribution in [1.29, 1.82) is 0 Å². The van der Waals surface area contributed by atoms with E-state index in [0.29, 0.717) is 0 Å². The zero-order valence-corrected chi connectivity index (χ0v) is 8.24. The van der Waals surface area contributed by atoms with Gasteiger partial charge in [0.15, 0.2) is 0 Å². The molecule has 0 aromatic rings. The molecule has 0 aromatic heterocycles. The number of hydrogen-bond acceptors (Lipinski definition) is 5. The van der Waals surface area contributed by atoms with Crippen LogP contribution in [0.4, 0.5) is 0 Å². The van der Waals surface area contributed by atoms with Gasteiger partial charge in [-0.1, -0.05) is 0 Å². The van der Waals surface area contributed by atoms with E-state index in [9.17, 15) is 9.59 Å². The molecule has 6 nitrogen and oxygen atoms in total. The molecule has 0 aliphatic carbocycles. The first-order valence-corrected chi connectivity index (χ1v) is 4.09. The molecular formula is C8H15NO5. The maximum Gasteiger partial charge on any atom is 0.302 e. The highest BCUT2D eigenvalue weighted by Crippen LogP contribution is 2.04. The van der Waals surface area contributed by atoms with Crippen molar-refractivity contribution >= 4 is 11.9 Å². The minimum absolute atomic E-state index is 0.255. The molecule has 0 atom stereocenters. The van der Waals surface area contributed by atoms with Crippen LogP contribution in [0.5, 0.6) is 0 Å². The van der Waals surface area contributed by atoms with Gasteiger partial charge in [0.1, 0.15) is 12.1 Å². The molecule has 0 aliphatic rings. The molecule has 0 heterocycles. The van der Waals surface area contributed by atoms with Crippen LogP contribution in [0.1, 0.15) is 13.8 Å². The van der Waals surface area contributed by atoms with Gasteiger partial charge in [-0.3, -0.25) is 9.59 Å². The van der Waals surface area contributed by atoms with Gasteiger partial charge in [0.2, 0.25) is 5.91 Å². The summed E-state index contributed by atoms with van der Waals surface area (Å²) < 4.78 is 4.62. The summed E-state index contributed by atoms with van der Waals surface area (Å²) in [5, 5.41) is 20.3. The van der Waals surface area contributed by atoms with Crippen LogP contribution in [-0.4, -0.2) is 47.4 Å². The van der Waals surface area contributed by atoms with Crippen LogP contribution in [0.15, 0.2) is 0 Å². The molecule has 0 radical (unpaired) electrons. The lowest BCUT2D eigenvalue weighted by molar-refractivity contribution is -0.146. The fourth-order valence-corrected chi connectivity index (χ4v) is 0.870. The number of carbonyl (C=O) groups excluding carboxylic acids is 2. The molecule has 0 bridgehead atoms. The van der Waals surface area contributed by atoms with Crippen molar-refractivity contribution in [2.24, 2.45) is 0 Å². The zero-order chi connectivity index (χ0) is 11.2. The van der Waals surface area contributed by atoms with Gasteiger partial charge >= 0.3 is 5.97 Å². The third-order valence-corrected chi connectivity index (χ3v) is 1.60. The minimum Gasteiger partial charge on any atom is -0.463 e. The van der Waals surface area contributed by atoms with Gasteiger partial charge in [0.25, 0.3) is 0 Å². The second-order valence-electron chi connectivity index (χ2n) is 3.06. The van der Waals surface area contributed by atoms with E-state index in [2.05, 4.69) is 10.1 Å². The van der Waals surface area contributed by atoms with Crippen LogP contribution in [0, 0.1) is 0 Å². The lowest BCUT2D eigenvalue weighted by atomic mass is 10.0. The zero-order valence-electron chi connectivity index (χ0n) is 8.24. The Morgan fingerprint density at radius 3 is 2.07 bits per heavy atom. The number of esters is 1. The molecule has 82 valence electrons. The van der Waals surface area contributed by atoms with Crippen LogP contribution in [0.2, 0.25) is 0 Å². The standard InChI is InChI=1S/C8H15NO5/c1-6(12)9-8(3-10,4-11)5-14-7(2)13/h10-11H,3-5H2,1-2H3,(H,9,12). The highest BCUT2D eigenvalue weighted by Gasteiger charge is 2.31. The van der Waals surface area contributed by atoms with E-state index in [1.54, 1.807) is 0 Å². The first-order chi connectivity index (χ1) is 6.45. The van der Waals surface area contributed by atoms with Crippen LogP contribution >= 0.6 is 0 Å². The molecule has 0 fully saturated rings. The molecule has 3 N–H and O–H groups in total. The van der Waals surface area contributed by atoms with Crippen molar-refractivity contribution < 1.29 is 24.5 Å². The van der Waals surface area contributed by atoms with E-state index >= 15 is 0 Å². The van der Waals surface area contributed by atoms with Crippen LogP contribution in [-0.2, 0) is 14.3 Å². The summed E-state index contributed by atoms with van der Waals surface area (Å²) in [6, 6.07) is 0. The van der Waals surface area contributed by atoms with Crippen molar-refractivity contribution in [2.45, 2.75) is 19.4 Å². The molecule has 0 unspecified atom stereocenters. The van der Waals surface area contributed by atoms with Crippen LogP contribution in [0.3, 0.4) is 0 Å². The summed E-state index contributed by atoms with van der Waals surface area (Å²) >= 11 is 0. The summed E-state index contributed by atoms with van der Waals surface area (Å²) in [7, 11) is 0. The monoisotopic (exact) mass is 205 g/mol. The third kappa shape index (κ3) is 4.20. The largest absolute Gasteiger partial charge is 0.463 e. The predicted octanol–water partition coefficient (Wildman–Crippen LogP) is -1.59. The lowest BCUT2D eigenvalue weighted by Crippen LogP contribution is -2.57. The van der Waals surface area contributed by atoms with Gasteiger partial charge in [-0.15, -0.1) is 0 Å². The van der Waals surface area contributed by atoms with E-state index < -0.39 is 30.6 Å². The molecule has 1 amide bonds. The second-order valence-corrected chi connectivity index (χ2v) is 3.06. The Kier molecular flexibility index (Phi) is 5.11. The maximum atomic E-state index is 10.7. The minimum atomic E-state index is -1.29. The molecule has 0 rings (SSSR count). The number of carbonyl (C=O) groups is 2. The Morgan fingerprint density at radius 1 is 1.29 bits per heavy atom. The smallest absolute Gasteiger partial charge is 0.302 e. The number of hydrogen-bond donors (Lipinski definition) is 3. The van der Waals surface area contributed by atoms with Gasteiger partial charge < -0.3 is 20.3 Å². The molecule has 0 aliphatic heterocycles. The lowest BCUT2D eigenvalue weighted by Gasteiger charge is -2.29. The average Bonchev–Trinajstić information content (AvgIpc) is 2.11. The molecule has 0 saturated heterocycles. The molecule has 14 heavy (non-hydrogen) atoms. The number of aliphatic hydroxyl groups excluding tert-OH is 2. The Morgan fingerprint density at radius 2 is 1.79 bits per heavy atom. The van der Waals surface area contributed by atoms with Crippen molar-refractivity contribution in [3.63, 3.8) is 0 Å². The fourth-order valence-electron chi connectivity index (χ4n) is 0.870. The summed E-state index contributed by atoms with van der Waals surface area (Å²) in [6.45, 7) is 1.18. The number of amides is 1. The molecule has 6 heteroatoms. The maximum absolute atomic E-state index is 10.7. The molecular weight excluding hydrogens is 190 g/mol. The van der Waals surface area contributed by atoms with E-state index in [-0.39, 0.29) is 6.61 Å². The summed E-state index contributed by atoms with van der Waals surface area (Å²) in [6.07, 6.45) is 0. The molecule has 0 spiro atoms.